The molecule has 0 radical (unpaired) electrons. The van der Waals surface area contributed by atoms with Gasteiger partial charge in [-0.25, -0.2) is 0 Å². The van der Waals surface area contributed by atoms with Crippen LogP contribution in [0.3, 0.4) is 0 Å². The molecule has 0 atom stereocenters. The fourth-order valence-corrected chi connectivity index (χ4v) is 3.76. The molecule has 30 heavy (non-hydrogen) atoms. The Balaban J connectivity index is 1.47. The van der Waals surface area contributed by atoms with E-state index < -0.39 is 0 Å². The first kappa shape index (κ1) is 19.9. The molecule has 2 aromatic heterocycles. The van der Waals surface area contributed by atoms with Gasteiger partial charge >= 0.3 is 0 Å². The molecule has 0 aliphatic carbocycles. The van der Waals surface area contributed by atoms with Crippen molar-refractivity contribution in [2.45, 2.75) is 19.8 Å². The number of benzene rings is 1. The molecule has 1 fully saturated rings. The molecule has 9 heteroatoms. The van der Waals surface area contributed by atoms with Crippen molar-refractivity contribution in [3.05, 3.63) is 41.9 Å². The molecule has 0 saturated carbocycles. The minimum atomic E-state index is -0.0110. The number of fused-ring (bicyclic) bond motifs is 1. The van der Waals surface area contributed by atoms with Crippen LogP contribution in [-0.2, 0) is 6.42 Å². The Morgan fingerprint density at radius 1 is 1.07 bits per heavy atom. The van der Waals surface area contributed by atoms with Crippen LogP contribution in [0.25, 0.3) is 5.78 Å². The van der Waals surface area contributed by atoms with Gasteiger partial charge in [0.15, 0.2) is 11.5 Å². The first-order valence-electron chi connectivity index (χ1n) is 10.1. The van der Waals surface area contributed by atoms with Crippen LogP contribution in [0.5, 0.6) is 11.5 Å². The molecule has 9 nitrogen and oxygen atoms in total. The van der Waals surface area contributed by atoms with Crippen molar-refractivity contribution in [1.29, 1.82) is 0 Å². The maximum Gasteiger partial charge on any atom is 0.256 e. The maximum absolute atomic E-state index is 13.0. The molecule has 4 rings (SSSR count). The Morgan fingerprint density at radius 2 is 1.83 bits per heavy atom. The van der Waals surface area contributed by atoms with E-state index in [1.165, 1.54) is 0 Å². The number of rotatable bonds is 6. The van der Waals surface area contributed by atoms with Crippen molar-refractivity contribution in [1.82, 2.24) is 24.5 Å². The van der Waals surface area contributed by atoms with Crippen LogP contribution in [0.1, 0.15) is 29.4 Å². The largest absolute Gasteiger partial charge is 0.493 e. The zero-order valence-electron chi connectivity index (χ0n) is 17.5. The second-order valence-corrected chi connectivity index (χ2v) is 7.21. The predicted octanol–water partition coefficient (Wildman–Crippen LogP) is 2.06. The van der Waals surface area contributed by atoms with Gasteiger partial charge in [-0.1, -0.05) is 13.3 Å². The second-order valence-electron chi connectivity index (χ2n) is 7.21. The van der Waals surface area contributed by atoms with Crippen LogP contribution in [0.2, 0.25) is 0 Å². The van der Waals surface area contributed by atoms with Crippen molar-refractivity contribution in [2.75, 3.05) is 45.3 Å². The summed E-state index contributed by atoms with van der Waals surface area (Å²) in [5.74, 6) is 2.65. The fraction of sp³-hybridized carbons (Fsp3) is 0.429. The minimum Gasteiger partial charge on any atom is -0.493 e. The Bertz CT molecular complexity index is 1040. The number of amides is 1. The molecule has 3 aromatic rings. The number of methoxy groups -OCH3 is 2. The summed E-state index contributed by atoms with van der Waals surface area (Å²) >= 11 is 0. The normalized spacial score (nSPS) is 14.2. The number of carbonyl (C=O) groups excluding carboxylic acids is 1. The first-order chi connectivity index (χ1) is 14.6. The van der Waals surface area contributed by atoms with E-state index in [0.717, 1.165) is 24.4 Å². The Kier molecular flexibility index (Phi) is 5.69. The number of aryl methyl sites for hydroxylation is 1. The molecule has 1 saturated heterocycles. The topological polar surface area (TPSA) is 85.1 Å². The number of carbonyl (C=O) groups is 1. The van der Waals surface area contributed by atoms with Crippen molar-refractivity contribution in [2.24, 2.45) is 0 Å². The van der Waals surface area contributed by atoms with Crippen molar-refractivity contribution < 1.29 is 14.3 Å². The summed E-state index contributed by atoms with van der Waals surface area (Å²) in [6.07, 6.45) is 3.67. The van der Waals surface area contributed by atoms with E-state index in [-0.39, 0.29) is 5.91 Å². The van der Waals surface area contributed by atoms with E-state index in [0.29, 0.717) is 49.0 Å². The van der Waals surface area contributed by atoms with Crippen LogP contribution >= 0.6 is 0 Å². The van der Waals surface area contributed by atoms with Crippen LogP contribution in [0, 0.1) is 0 Å². The summed E-state index contributed by atoms with van der Waals surface area (Å²) in [5.41, 5.74) is 1.74. The van der Waals surface area contributed by atoms with E-state index in [9.17, 15) is 4.79 Å². The number of piperazine rings is 1. The summed E-state index contributed by atoms with van der Waals surface area (Å²) in [7, 11) is 3.15. The lowest BCUT2D eigenvalue weighted by atomic mass is 10.1. The molecule has 0 unspecified atom stereocenters. The summed E-state index contributed by atoms with van der Waals surface area (Å²) in [4.78, 5) is 21.7. The van der Waals surface area contributed by atoms with Gasteiger partial charge in [0.2, 0.25) is 0 Å². The Morgan fingerprint density at radius 3 is 2.53 bits per heavy atom. The summed E-state index contributed by atoms with van der Waals surface area (Å²) < 4.78 is 12.5. The highest BCUT2D eigenvalue weighted by molar-refractivity contribution is 5.95. The van der Waals surface area contributed by atoms with Gasteiger partial charge in [0.05, 0.1) is 14.2 Å². The molecule has 1 amide bonds. The molecule has 3 heterocycles. The number of hydrogen-bond donors (Lipinski definition) is 0. The van der Waals surface area contributed by atoms with Gasteiger partial charge in [0.25, 0.3) is 11.7 Å². The molecule has 1 aliphatic heterocycles. The van der Waals surface area contributed by atoms with Crippen LogP contribution < -0.4 is 14.4 Å². The molecule has 158 valence electrons. The third-order valence-electron chi connectivity index (χ3n) is 5.38. The lowest BCUT2D eigenvalue weighted by Crippen LogP contribution is -2.49. The number of ether oxygens (including phenoxy) is 2. The van der Waals surface area contributed by atoms with Gasteiger partial charge in [-0.2, -0.15) is 4.98 Å². The average Bonchev–Trinajstić information content (AvgIpc) is 3.27. The molecular weight excluding hydrogens is 384 g/mol. The second kappa shape index (κ2) is 8.56. The smallest absolute Gasteiger partial charge is 0.256 e. The van der Waals surface area contributed by atoms with Crippen LogP contribution in [0.15, 0.2) is 30.6 Å². The van der Waals surface area contributed by atoms with Crippen molar-refractivity contribution >= 4 is 17.5 Å². The standard InChI is InChI=1S/C21H26N6O3/c1-4-5-16-13-19(23-21-24-22-14-27(16)21)25-8-10-26(11-9-25)20(28)15-6-7-17(29-2)18(12-15)30-3/h6-7,12-14H,4-5,8-11H2,1-3H3. The highest BCUT2D eigenvalue weighted by Gasteiger charge is 2.24. The van der Waals surface area contributed by atoms with Crippen molar-refractivity contribution in [3.8, 4) is 11.5 Å². The molecule has 0 bridgehead atoms. The lowest BCUT2D eigenvalue weighted by molar-refractivity contribution is 0.0746. The summed E-state index contributed by atoms with van der Waals surface area (Å²) in [6, 6.07) is 7.36. The number of anilines is 1. The van der Waals surface area contributed by atoms with E-state index in [2.05, 4.69) is 33.1 Å². The van der Waals surface area contributed by atoms with E-state index in [4.69, 9.17) is 9.47 Å². The maximum atomic E-state index is 13.0. The third-order valence-corrected chi connectivity index (χ3v) is 5.38. The third kappa shape index (κ3) is 3.74. The number of aromatic nitrogens is 4. The van der Waals surface area contributed by atoms with Gasteiger partial charge in [0, 0.05) is 43.5 Å². The highest BCUT2D eigenvalue weighted by atomic mass is 16.5. The molecule has 0 spiro atoms. The SMILES string of the molecule is CCCc1cc(N2CCN(C(=O)c3ccc(OC)c(OC)c3)CC2)nc2nncn12. The Hall–Kier alpha value is -3.36. The summed E-state index contributed by atoms with van der Waals surface area (Å²) in [6.45, 7) is 4.81. The van der Waals surface area contributed by atoms with Gasteiger partial charge in [-0.05, 0) is 24.6 Å². The number of hydrogen-bond acceptors (Lipinski definition) is 7. The van der Waals surface area contributed by atoms with Crippen molar-refractivity contribution in [3.63, 3.8) is 0 Å². The monoisotopic (exact) mass is 410 g/mol. The van der Waals surface area contributed by atoms with Gasteiger partial charge in [-0.15, -0.1) is 10.2 Å². The highest BCUT2D eigenvalue weighted by Crippen LogP contribution is 2.28. The molecular formula is C21H26N6O3. The predicted molar refractivity (Wildman–Crippen MR) is 112 cm³/mol. The molecule has 0 N–H and O–H groups in total. The lowest BCUT2D eigenvalue weighted by Gasteiger charge is -2.35. The van der Waals surface area contributed by atoms with E-state index in [1.807, 2.05) is 9.30 Å². The quantitative estimate of drug-likeness (QED) is 0.615. The van der Waals surface area contributed by atoms with E-state index in [1.54, 1.807) is 38.7 Å². The fourth-order valence-electron chi connectivity index (χ4n) is 3.76. The Labute approximate surface area is 175 Å². The molecule has 1 aromatic carbocycles. The summed E-state index contributed by atoms with van der Waals surface area (Å²) in [5, 5.41) is 8.10. The van der Waals surface area contributed by atoms with Gasteiger partial charge < -0.3 is 19.3 Å². The van der Waals surface area contributed by atoms with Gasteiger partial charge in [-0.3, -0.25) is 9.20 Å². The van der Waals surface area contributed by atoms with Gasteiger partial charge in [0.1, 0.15) is 12.1 Å². The van der Waals surface area contributed by atoms with Crippen LogP contribution in [0.4, 0.5) is 5.82 Å². The van der Waals surface area contributed by atoms with Crippen LogP contribution in [-0.4, -0.2) is 70.8 Å². The average molecular weight is 410 g/mol. The minimum absolute atomic E-state index is 0.0110. The number of nitrogens with zero attached hydrogens (tertiary/aromatic N) is 6. The zero-order chi connectivity index (χ0) is 21.1. The molecule has 1 aliphatic rings. The zero-order valence-corrected chi connectivity index (χ0v) is 17.5. The first-order valence-corrected chi connectivity index (χ1v) is 10.1. The van der Waals surface area contributed by atoms with E-state index >= 15 is 0 Å².